The average molecular weight is 268 g/mol. The molecule has 0 N–H and O–H groups in total. The van der Waals surface area contributed by atoms with E-state index in [0.29, 0.717) is 12.0 Å². The van der Waals surface area contributed by atoms with Crippen LogP contribution in [0.1, 0.15) is 28.7 Å². The zero-order valence-electron chi connectivity index (χ0n) is 11.6. The second-order valence-corrected chi connectivity index (χ2v) is 4.80. The molecule has 3 rings (SSSR count). The van der Waals surface area contributed by atoms with E-state index in [1.165, 1.54) is 0 Å². The molecule has 4 nitrogen and oxygen atoms in total. The number of hydrogen-bond donors (Lipinski definition) is 0. The van der Waals surface area contributed by atoms with Crippen LogP contribution in [0.3, 0.4) is 0 Å². The van der Waals surface area contributed by atoms with Crippen molar-refractivity contribution in [1.29, 1.82) is 0 Å². The number of benzene rings is 1. The molecular formula is C16H16N2O2. The molecule has 0 unspecified atom stereocenters. The molecular weight excluding hydrogens is 252 g/mol. The second-order valence-electron chi connectivity index (χ2n) is 4.80. The topological polar surface area (TPSA) is 48.0 Å². The first-order chi connectivity index (χ1) is 9.70. The molecule has 4 heteroatoms. The van der Waals surface area contributed by atoms with Crippen LogP contribution < -0.4 is 0 Å². The molecule has 102 valence electrons. The zero-order chi connectivity index (χ0) is 14.1. The van der Waals surface area contributed by atoms with Crippen molar-refractivity contribution in [2.75, 3.05) is 0 Å². The van der Waals surface area contributed by atoms with Crippen LogP contribution in [0.4, 0.5) is 0 Å². The van der Waals surface area contributed by atoms with Crippen LogP contribution in [-0.2, 0) is 19.9 Å². The fourth-order valence-electron chi connectivity index (χ4n) is 2.53. The van der Waals surface area contributed by atoms with Gasteiger partial charge in [0, 0.05) is 18.9 Å². The smallest absolute Gasteiger partial charge is 0.172 e. The van der Waals surface area contributed by atoms with E-state index >= 15 is 0 Å². The van der Waals surface area contributed by atoms with Gasteiger partial charge in [-0.05, 0) is 12.1 Å². The van der Waals surface area contributed by atoms with Gasteiger partial charge in [-0.1, -0.05) is 25.1 Å². The molecule has 0 spiro atoms. The monoisotopic (exact) mass is 268 g/mol. The van der Waals surface area contributed by atoms with Crippen molar-refractivity contribution >= 4 is 16.7 Å². The van der Waals surface area contributed by atoms with Crippen LogP contribution in [0, 0.1) is 0 Å². The Balaban J connectivity index is 1.96. The Morgan fingerprint density at radius 2 is 2.10 bits per heavy atom. The Bertz CT molecular complexity index is 768. The van der Waals surface area contributed by atoms with Gasteiger partial charge in [0.15, 0.2) is 5.78 Å². The third-order valence-electron chi connectivity index (χ3n) is 3.53. The maximum atomic E-state index is 12.4. The maximum absolute atomic E-state index is 12.4. The molecule has 0 aliphatic rings. The van der Waals surface area contributed by atoms with Crippen molar-refractivity contribution in [2.24, 2.45) is 7.05 Å². The molecule has 0 bridgehead atoms. The lowest BCUT2D eigenvalue weighted by Gasteiger charge is -1.99. The SMILES string of the molecule is CCc1occc1C(=O)Cc1nn(C)c2ccccc12. The standard InChI is InChI=1S/C16H16N2O2/c1-3-16-12(8-9-20-16)15(19)10-13-11-6-4-5-7-14(11)18(2)17-13/h4-9H,3,10H2,1-2H3. The van der Waals surface area contributed by atoms with Gasteiger partial charge in [-0.15, -0.1) is 0 Å². The summed E-state index contributed by atoms with van der Waals surface area (Å²) in [5, 5.41) is 5.49. The molecule has 2 aromatic heterocycles. The van der Waals surface area contributed by atoms with Gasteiger partial charge >= 0.3 is 0 Å². The predicted molar refractivity (Wildman–Crippen MR) is 76.8 cm³/mol. The molecule has 0 saturated carbocycles. The first-order valence-corrected chi connectivity index (χ1v) is 6.71. The molecule has 0 fully saturated rings. The van der Waals surface area contributed by atoms with Gasteiger partial charge in [0.05, 0.1) is 29.5 Å². The van der Waals surface area contributed by atoms with Crippen LogP contribution in [0.15, 0.2) is 41.0 Å². The van der Waals surface area contributed by atoms with Gasteiger partial charge in [-0.2, -0.15) is 5.10 Å². The first-order valence-electron chi connectivity index (χ1n) is 6.71. The summed E-state index contributed by atoms with van der Waals surface area (Å²) in [6.45, 7) is 1.98. The minimum Gasteiger partial charge on any atom is -0.469 e. The summed E-state index contributed by atoms with van der Waals surface area (Å²) in [4.78, 5) is 12.4. The number of ketones is 1. The molecule has 0 radical (unpaired) electrons. The Kier molecular flexibility index (Phi) is 3.14. The van der Waals surface area contributed by atoms with E-state index in [1.54, 1.807) is 12.3 Å². The van der Waals surface area contributed by atoms with Gasteiger partial charge in [0.1, 0.15) is 5.76 Å². The zero-order valence-corrected chi connectivity index (χ0v) is 11.6. The lowest BCUT2D eigenvalue weighted by molar-refractivity contribution is 0.0990. The van der Waals surface area contributed by atoms with Crippen molar-refractivity contribution in [3.63, 3.8) is 0 Å². The molecule has 1 aromatic carbocycles. The van der Waals surface area contributed by atoms with Crippen molar-refractivity contribution in [3.8, 4) is 0 Å². The van der Waals surface area contributed by atoms with Crippen LogP contribution in [0.2, 0.25) is 0 Å². The highest BCUT2D eigenvalue weighted by molar-refractivity contribution is 6.00. The third-order valence-corrected chi connectivity index (χ3v) is 3.53. The number of carbonyl (C=O) groups excluding carboxylic acids is 1. The Labute approximate surface area is 117 Å². The number of hydrogen-bond acceptors (Lipinski definition) is 3. The van der Waals surface area contributed by atoms with Crippen LogP contribution in [0.5, 0.6) is 0 Å². The van der Waals surface area contributed by atoms with Crippen LogP contribution >= 0.6 is 0 Å². The van der Waals surface area contributed by atoms with E-state index in [-0.39, 0.29) is 5.78 Å². The van der Waals surface area contributed by atoms with Crippen molar-refractivity contribution < 1.29 is 9.21 Å². The minimum absolute atomic E-state index is 0.0550. The molecule has 2 heterocycles. The van der Waals surface area contributed by atoms with Crippen molar-refractivity contribution in [1.82, 2.24) is 9.78 Å². The summed E-state index contributed by atoms with van der Waals surface area (Å²) >= 11 is 0. The lowest BCUT2D eigenvalue weighted by Crippen LogP contribution is -2.06. The number of nitrogens with zero attached hydrogens (tertiary/aromatic N) is 2. The third kappa shape index (κ3) is 2.03. The number of furan rings is 1. The largest absolute Gasteiger partial charge is 0.469 e. The van der Waals surface area contributed by atoms with Gasteiger partial charge in [0.25, 0.3) is 0 Å². The Hall–Kier alpha value is -2.36. The molecule has 0 aliphatic carbocycles. The van der Waals surface area contributed by atoms with Crippen LogP contribution in [-0.4, -0.2) is 15.6 Å². The van der Waals surface area contributed by atoms with Crippen molar-refractivity contribution in [3.05, 3.63) is 53.6 Å². The molecule has 0 aliphatic heterocycles. The highest BCUT2D eigenvalue weighted by Crippen LogP contribution is 2.20. The number of Topliss-reactive ketones (excluding diaryl/α,β-unsaturated/α-hetero) is 1. The average Bonchev–Trinajstić information content (AvgIpc) is 3.05. The highest BCUT2D eigenvalue weighted by atomic mass is 16.3. The van der Waals surface area contributed by atoms with Gasteiger partial charge < -0.3 is 4.42 Å². The highest BCUT2D eigenvalue weighted by Gasteiger charge is 2.17. The summed E-state index contributed by atoms with van der Waals surface area (Å²) in [6.07, 6.45) is 2.59. The number of carbonyl (C=O) groups is 1. The summed E-state index contributed by atoms with van der Waals surface area (Å²) in [7, 11) is 1.89. The van der Waals surface area contributed by atoms with Gasteiger partial charge in [0.2, 0.25) is 0 Å². The second kappa shape index (κ2) is 4.96. The van der Waals surface area contributed by atoms with Crippen molar-refractivity contribution in [2.45, 2.75) is 19.8 Å². The number of rotatable bonds is 4. The summed E-state index contributed by atoms with van der Waals surface area (Å²) in [5.74, 6) is 0.801. The number of aromatic nitrogens is 2. The Morgan fingerprint density at radius 1 is 1.30 bits per heavy atom. The molecule has 0 saturated heterocycles. The van der Waals surface area contributed by atoms with Crippen LogP contribution in [0.25, 0.3) is 10.9 Å². The normalized spacial score (nSPS) is 11.1. The molecule has 0 atom stereocenters. The molecule has 20 heavy (non-hydrogen) atoms. The summed E-state index contributed by atoms with van der Waals surface area (Å²) < 4.78 is 7.13. The molecule has 3 aromatic rings. The Morgan fingerprint density at radius 3 is 2.90 bits per heavy atom. The van der Waals surface area contributed by atoms with E-state index in [4.69, 9.17) is 4.42 Å². The number of para-hydroxylation sites is 1. The van der Waals surface area contributed by atoms with E-state index in [2.05, 4.69) is 5.10 Å². The number of aryl methyl sites for hydroxylation is 2. The fraction of sp³-hybridized carbons (Fsp3) is 0.250. The quantitative estimate of drug-likeness (QED) is 0.683. The van der Waals surface area contributed by atoms with E-state index in [0.717, 1.165) is 28.8 Å². The first kappa shape index (κ1) is 12.7. The predicted octanol–water partition coefficient (Wildman–Crippen LogP) is 3.15. The fourth-order valence-corrected chi connectivity index (χ4v) is 2.53. The van der Waals surface area contributed by atoms with E-state index in [1.807, 2.05) is 42.9 Å². The van der Waals surface area contributed by atoms with E-state index in [9.17, 15) is 4.79 Å². The van der Waals surface area contributed by atoms with E-state index < -0.39 is 0 Å². The molecule has 0 amide bonds. The maximum Gasteiger partial charge on any atom is 0.172 e. The summed E-state index contributed by atoms with van der Waals surface area (Å²) in [5.41, 5.74) is 2.52. The van der Waals surface area contributed by atoms with Gasteiger partial charge in [-0.3, -0.25) is 9.48 Å². The lowest BCUT2D eigenvalue weighted by atomic mass is 10.0. The van der Waals surface area contributed by atoms with Gasteiger partial charge in [-0.25, -0.2) is 0 Å². The number of fused-ring (bicyclic) bond motifs is 1. The summed E-state index contributed by atoms with van der Waals surface area (Å²) in [6, 6.07) is 9.69. The minimum atomic E-state index is 0.0550.